The van der Waals surface area contributed by atoms with E-state index < -0.39 is 60.2 Å². The van der Waals surface area contributed by atoms with E-state index >= 15 is 0 Å². The quantitative estimate of drug-likeness (QED) is 0.147. The fourth-order valence-electron chi connectivity index (χ4n) is 3.20. The first-order chi connectivity index (χ1) is 16.6. The number of fused-ring (bicyclic) bond motifs is 1. The first-order valence-corrected chi connectivity index (χ1v) is 11.7. The molecule has 3 amide bonds. The molecule has 0 fully saturated rings. The van der Waals surface area contributed by atoms with Gasteiger partial charge in [-0.1, -0.05) is 18.2 Å². The number of benzene rings is 1. The molecule has 14 heteroatoms. The van der Waals surface area contributed by atoms with Crippen LogP contribution >= 0.6 is 25.3 Å². The second-order valence-electron chi connectivity index (χ2n) is 7.65. The molecular weight excluding hydrogens is 498 g/mol. The van der Waals surface area contributed by atoms with Crippen LogP contribution in [0.4, 0.5) is 0 Å². The summed E-state index contributed by atoms with van der Waals surface area (Å²) in [5.41, 5.74) is 6.98. The highest BCUT2D eigenvalue weighted by molar-refractivity contribution is 7.80. The summed E-state index contributed by atoms with van der Waals surface area (Å²) >= 11 is 7.90. The minimum atomic E-state index is -1.61. The van der Waals surface area contributed by atoms with Crippen molar-refractivity contribution < 1.29 is 34.2 Å². The van der Waals surface area contributed by atoms with Gasteiger partial charge in [0.1, 0.15) is 18.1 Å². The van der Waals surface area contributed by atoms with Crippen LogP contribution in [0, 0.1) is 0 Å². The third-order valence-corrected chi connectivity index (χ3v) is 5.83. The number of carbonyl (C=O) groups excluding carboxylic acids is 3. The number of H-pyrrole nitrogens is 1. The second-order valence-corrected chi connectivity index (χ2v) is 8.39. The van der Waals surface area contributed by atoms with Crippen LogP contribution in [-0.2, 0) is 30.4 Å². The van der Waals surface area contributed by atoms with E-state index in [0.29, 0.717) is 5.56 Å². The van der Waals surface area contributed by atoms with Crippen LogP contribution in [0.15, 0.2) is 30.5 Å². The van der Waals surface area contributed by atoms with Gasteiger partial charge in [-0.25, -0.2) is 4.79 Å². The van der Waals surface area contributed by atoms with E-state index in [0.717, 1.165) is 10.9 Å². The van der Waals surface area contributed by atoms with Crippen molar-refractivity contribution in [3.8, 4) is 0 Å². The van der Waals surface area contributed by atoms with E-state index in [1.807, 2.05) is 12.1 Å². The van der Waals surface area contributed by atoms with Gasteiger partial charge in [-0.2, -0.15) is 25.3 Å². The van der Waals surface area contributed by atoms with E-state index in [2.05, 4.69) is 46.2 Å². The van der Waals surface area contributed by atoms with E-state index in [1.54, 1.807) is 18.3 Å². The summed E-state index contributed by atoms with van der Waals surface area (Å²) in [6, 6.07) is 1.98. The zero-order valence-electron chi connectivity index (χ0n) is 18.4. The summed E-state index contributed by atoms with van der Waals surface area (Å²) < 4.78 is 0. The van der Waals surface area contributed by atoms with Gasteiger partial charge in [0.2, 0.25) is 17.7 Å². The molecule has 0 saturated carbocycles. The maximum absolute atomic E-state index is 12.8. The molecule has 4 atom stereocenters. The summed E-state index contributed by atoms with van der Waals surface area (Å²) in [5.74, 6) is -5.48. The minimum absolute atomic E-state index is 0.0177. The minimum Gasteiger partial charge on any atom is -0.481 e. The summed E-state index contributed by atoms with van der Waals surface area (Å²) in [7, 11) is 0. The van der Waals surface area contributed by atoms with Gasteiger partial charge in [0.05, 0.1) is 12.5 Å². The highest BCUT2D eigenvalue weighted by Crippen LogP contribution is 2.19. The molecule has 2 aromatic rings. The molecule has 35 heavy (non-hydrogen) atoms. The molecule has 12 nitrogen and oxygen atoms in total. The number of nitrogens with two attached hydrogens (primary N) is 1. The predicted molar refractivity (Wildman–Crippen MR) is 133 cm³/mol. The molecule has 0 aliphatic heterocycles. The van der Waals surface area contributed by atoms with Gasteiger partial charge in [0.15, 0.2) is 0 Å². The Labute approximate surface area is 211 Å². The number of nitrogens with one attached hydrogen (secondary N) is 4. The number of aromatic amines is 1. The molecule has 2 rings (SSSR count). The number of aliphatic carboxylic acids is 2. The standard InChI is InChI=1S/C21H27N5O7S2/c22-12(8-34)18(29)26-16(9-35)20(31)24-14(6-17(27)28)19(30)25-15(21(32)33)5-10-7-23-13-4-2-1-3-11(10)13/h1-4,7,12,14-16,23,34-35H,5-6,8-9,22H2,(H,24,31)(H,25,30)(H,26,29)(H,27,28)(H,32,33). The molecule has 0 aliphatic rings. The predicted octanol–water partition coefficient (Wildman–Crippen LogP) is -1.09. The van der Waals surface area contributed by atoms with Crippen molar-refractivity contribution >= 4 is 65.8 Å². The van der Waals surface area contributed by atoms with Gasteiger partial charge in [-0.15, -0.1) is 0 Å². The van der Waals surface area contributed by atoms with E-state index in [1.165, 1.54) is 0 Å². The highest BCUT2D eigenvalue weighted by Gasteiger charge is 2.31. The number of aromatic nitrogens is 1. The lowest BCUT2D eigenvalue weighted by Gasteiger charge is -2.23. The molecule has 8 N–H and O–H groups in total. The second kappa shape index (κ2) is 13.0. The lowest BCUT2D eigenvalue weighted by molar-refractivity contribution is -0.143. The van der Waals surface area contributed by atoms with Crippen molar-refractivity contribution in [2.24, 2.45) is 5.73 Å². The molecular formula is C21H27N5O7S2. The lowest BCUT2D eigenvalue weighted by Crippen LogP contribution is -2.58. The first-order valence-electron chi connectivity index (χ1n) is 10.4. The molecule has 1 aromatic heterocycles. The van der Waals surface area contributed by atoms with Gasteiger partial charge in [0, 0.05) is 35.0 Å². The number of hydrogen-bond acceptors (Lipinski definition) is 8. The molecule has 0 bridgehead atoms. The molecule has 4 unspecified atom stereocenters. The number of thiol groups is 2. The van der Waals surface area contributed by atoms with Crippen molar-refractivity contribution in [2.45, 2.75) is 37.0 Å². The Morgan fingerprint density at radius 2 is 1.49 bits per heavy atom. The monoisotopic (exact) mass is 525 g/mol. The fourth-order valence-corrected chi connectivity index (χ4v) is 3.63. The van der Waals surface area contributed by atoms with E-state index in [-0.39, 0.29) is 17.9 Å². The molecule has 0 saturated heterocycles. The number of amides is 3. The number of hydrogen-bond donors (Lipinski definition) is 9. The Bertz CT molecular complexity index is 1090. The maximum Gasteiger partial charge on any atom is 0.326 e. The zero-order chi connectivity index (χ0) is 26.1. The summed E-state index contributed by atoms with van der Waals surface area (Å²) in [6.07, 6.45) is 0.717. The Hall–Kier alpha value is -3.23. The summed E-state index contributed by atoms with van der Waals surface area (Å²) in [5, 5.41) is 26.5. The van der Waals surface area contributed by atoms with Crippen LogP contribution in [0.3, 0.4) is 0 Å². The summed E-state index contributed by atoms with van der Waals surface area (Å²) in [6.45, 7) is 0. The Kier molecular flexibility index (Phi) is 10.4. The van der Waals surface area contributed by atoms with E-state index in [9.17, 15) is 34.2 Å². The topological polar surface area (TPSA) is 204 Å². The Morgan fingerprint density at radius 1 is 0.886 bits per heavy atom. The number of para-hydroxylation sites is 1. The van der Waals surface area contributed by atoms with Gasteiger partial charge < -0.3 is 36.9 Å². The summed E-state index contributed by atoms with van der Waals surface area (Å²) in [4.78, 5) is 63.5. The van der Waals surface area contributed by atoms with Crippen molar-refractivity contribution in [1.29, 1.82) is 0 Å². The van der Waals surface area contributed by atoms with Crippen molar-refractivity contribution in [3.63, 3.8) is 0 Å². The Morgan fingerprint density at radius 3 is 2.09 bits per heavy atom. The third-order valence-electron chi connectivity index (χ3n) is 5.07. The molecule has 190 valence electrons. The lowest BCUT2D eigenvalue weighted by atomic mass is 10.0. The average molecular weight is 526 g/mol. The van der Waals surface area contributed by atoms with Gasteiger partial charge >= 0.3 is 11.9 Å². The van der Waals surface area contributed by atoms with Crippen molar-refractivity contribution in [3.05, 3.63) is 36.0 Å². The largest absolute Gasteiger partial charge is 0.481 e. The van der Waals surface area contributed by atoms with Gasteiger partial charge in [-0.05, 0) is 11.6 Å². The maximum atomic E-state index is 12.8. The SMILES string of the molecule is NC(CS)C(=O)NC(CS)C(=O)NC(CC(=O)O)C(=O)NC(Cc1c[nH]c2ccccc12)C(=O)O. The van der Waals surface area contributed by atoms with Crippen LogP contribution in [0.2, 0.25) is 0 Å². The van der Waals surface area contributed by atoms with Crippen molar-refractivity contribution in [1.82, 2.24) is 20.9 Å². The van der Waals surface area contributed by atoms with Crippen LogP contribution in [0.5, 0.6) is 0 Å². The first kappa shape index (κ1) is 28.0. The number of carboxylic acids is 2. The van der Waals surface area contributed by atoms with Crippen LogP contribution in [-0.4, -0.2) is 80.5 Å². The fraction of sp³-hybridized carbons (Fsp3) is 0.381. The number of carbonyl (C=O) groups is 5. The zero-order valence-corrected chi connectivity index (χ0v) is 20.2. The molecule has 0 spiro atoms. The normalized spacial score (nSPS) is 14.4. The van der Waals surface area contributed by atoms with Crippen LogP contribution in [0.25, 0.3) is 10.9 Å². The smallest absolute Gasteiger partial charge is 0.326 e. The van der Waals surface area contributed by atoms with Crippen molar-refractivity contribution in [2.75, 3.05) is 11.5 Å². The highest BCUT2D eigenvalue weighted by atomic mass is 32.1. The van der Waals surface area contributed by atoms with E-state index in [4.69, 9.17) is 5.73 Å². The number of carboxylic acid groups (broad SMARTS) is 2. The number of rotatable bonds is 13. The molecule has 1 heterocycles. The van der Waals surface area contributed by atoms with Crippen LogP contribution in [0.1, 0.15) is 12.0 Å². The third kappa shape index (κ3) is 7.90. The average Bonchev–Trinajstić information content (AvgIpc) is 3.23. The molecule has 1 aromatic carbocycles. The van der Waals surface area contributed by atoms with Gasteiger partial charge in [-0.3, -0.25) is 19.2 Å². The Balaban J connectivity index is 2.14. The molecule has 0 aliphatic carbocycles. The molecule has 0 radical (unpaired) electrons. The van der Waals surface area contributed by atoms with Crippen LogP contribution < -0.4 is 21.7 Å². The van der Waals surface area contributed by atoms with Gasteiger partial charge in [0.25, 0.3) is 0 Å².